The van der Waals surface area contributed by atoms with Crippen molar-refractivity contribution < 1.29 is 17.5 Å². The van der Waals surface area contributed by atoms with E-state index in [4.69, 9.17) is 21.0 Å². The first kappa shape index (κ1) is 18.8. The van der Waals surface area contributed by atoms with Gasteiger partial charge < -0.3 is 4.18 Å². The summed E-state index contributed by atoms with van der Waals surface area (Å²) in [7, 11) is -4.27. The molecule has 27 heavy (non-hydrogen) atoms. The van der Waals surface area contributed by atoms with E-state index in [1.54, 1.807) is 17.5 Å². The molecule has 0 aliphatic heterocycles. The molecule has 3 aromatic rings. The van der Waals surface area contributed by atoms with Gasteiger partial charge in [0.1, 0.15) is 11.0 Å². The molecule has 1 aromatic heterocycles. The normalized spacial score (nSPS) is 11.0. The SMILES string of the molecule is N#Cc1ccc(S(=O)(=O)Oc2ccc([N+](=O)[O-])cc2-c2cccs2)cc1Cl. The van der Waals surface area contributed by atoms with E-state index in [9.17, 15) is 18.5 Å². The summed E-state index contributed by atoms with van der Waals surface area (Å²) in [6.07, 6.45) is 0. The van der Waals surface area contributed by atoms with Crippen LogP contribution in [0.3, 0.4) is 0 Å². The average molecular weight is 421 g/mol. The summed E-state index contributed by atoms with van der Waals surface area (Å²) in [6.45, 7) is 0. The van der Waals surface area contributed by atoms with Gasteiger partial charge in [0.05, 0.1) is 15.5 Å². The second-order valence-corrected chi connectivity index (χ2v) is 8.11. The van der Waals surface area contributed by atoms with Crippen LogP contribution in [0, 0.1) is 21.4 Å². The van der Waals surface area contributed by atoms with Crippen molar-refractivity contribution in [3.8, 4) is 22.3 Å². The van der Waals surface area contributed by atoms with Crippen molar-refractivity contribution in [2.24, 2.45) is 0 Å². The number of nitro benzene ring substituents is 1. The van der Waals surface area contributed by atoms with Gasteiger partial charge in [-0.3, -0.25) is 10.1 Å². The first-order valence-corrected chi connectivity index (χ1v) is 9.95. The predicted molar refractivity (Wildman–Crippen MR) is 100 cm³/mol. The van der Waals surface area contributed by atoms with Crippen LogP contribution in [0.15, 0.2) is 58.8 Å². The fourth-order valence-corrected chi connectivity index (χ4v) is 4.25. The molecule has 0 bridgehead atoms. The van der Waals surface area contributed by atoms with Gasteiger partial charge in [0.25, 0.3) is 5.69 Å². The number of nitro groups is 1. The summed E-state index contributed by atoms with van der Waals surface area (Å²) in [6, 6.07) is 12.5. The number of benzene rings is 2. The summed E-state index contributed by atoms with van der Waals surface area (Å²) in [5.41, 5.74) is 0.220. The molecular weight excluding hydrogens is 412 g/mol. The molecule has 2 aromatic carbocycles. The van der Waals surface area contributed by atoms with Crippen molar-refractivity contribution in [1.82, 2.24) is 0 Å². The third kappa shape index (κ3) is 3.93. The Morgan fingerprint density at radius 2 is 1.96 bits per heavy atom. The number of hydrogen-bond donors (Lipinski definition) is 0. The fraction of sp³-hybridized carbons (Fsp3) is 0. The molecule has 136 valence electrons. The highest BCUT2D eigenvalue weighted by molar-refractivity contribution is 7.87. The average Bonchev–Trinajstić information content (AvgIpc) is 3.16. The molecule has 0 atom stereocenters. The van der Waals surface area contributed by atoms with Crippen LogP contribution in [0.4, 0.5) is 5.69 Å². The predicted octanol–water partition coefficient (Wildman–Crippen LogP) is 4.62. The minimum atomic E-state index is -4.27. The number of halogens is 1. The quantitative estimate of drug-likeness (QED) is 0.338. The molecular formula is C17H9ClN2O5S2. The van der Waals surface area contributed by atoms with E-state index in [2.05, 4.69) is 0 Å². The molecule has 0 amide bonds. The third-order valence-electron chi connectivity index (χ3n) is 3.51. The lowest BCUT2D eigenvalue weighted by Gasteiger charge is -2.11. The van der Waals surface area contributed by atoms with Crippen molar-refractivity contribution in [1.29, 1.82) is 5.26 Å². The van der Waals surface area contributed by atoms with Crippen LogP contribution in [0.25, 0.3) is 10.4 Å². The highest BCUT2D eigenvalue weighted by Crippen LogP contribution is 2.37. The summed E-state index contributed by atoms with van der Waals surface area (Å²) in [5, 5.41) is 21.7. The molecule has 0 saturated carbocycles. The lowest BCUT2D eigenvalue weighted by molar-refractivity contribution is -0.384. The maximum absolute atomic E-state index is 12.6. The lowest BCUT2D eigenvalue weighted by Crippen LogP contribution is -2.10. The van der Waals surface area contributed by atoms with E-state index in [0.29, 0.717) is 4.88 Å². The van der Waals surface area contributed by atoms with Crippen LogP contribution in [0.1, 0.15) is 5.56 Å². The Kier molecular flexibility index (Phi) is 5.14. The second-order valence-electron chi connectivity index (χ2n) is 5.21. The topological polar surface area (TPSA) is 110 Å². The summed E-state index contributed by atoms with van der Waals surface area (Å²) in [5.74, 6) is -0.0523. The van der Waals surface area contributed by atoms with Gasteiger partial charge in [-0.1, -0.05) is 17.7 Å². The smallest absolute Gasteiger partial charge is 0.339 e. The van der Waals surface area contributed by atoms with Gasteiger partial charge in [-0.05, 0) is 35.7 Å². The zero-order valence-electron chi connectivity index (χ0n) is 13.3. The number of thiophene rings is 1. The number of nitrogens with zero attached hydrogens (tertiary/aromatic N) is 2. The van der Waals surface area contributed by atoms with Crippen molar-refractivity contribution >= 4 is 38.7 Å². The Labute approximate surface area is 163 Å². The van der Waals surface area contributed by atoms with Crippen LogP contribution >= 0.6 is 22.9 Å². The van der Waals surface area contributed by atoms with Gasteiger partial charge >= 0.3 is 10.1 Å². The van der Waals surface area contributed by atoms with Crippen LogP contribution in [0.5, 0.6) is 5.75 Å². The highest BCUT2D eigenvalue weighted by atomic mass is 35.5. The van der Waals surface area contributed by atoms with E-state index < -0.39 is 15.0 Å². The highest BCUT2D eigenvalue weighted by Gasteiger charge is 2.22. The monoisotopic (exact) mass is 420 g/mol. The number of nitriles is 1. The standard InChI is InChI=1S/C17H9ClN2O5S2/c18-15-9-13(5-3-11(15)10-19)27(23,24)25-16-6-4-12(20(21)22)8-14(16)17-2-1-7-26-17/h1-9H. The Morgan fingerprint density at radius 3 is 2.56 bits per heavy atom. The Morgan fingerprint density at radius 1 is 1.19 bits per heavy atom. The van der Waals surface area contributed by atoms with Gasteiger partial charge in [-0.2, -0.15) is 13.7 Å². The van der Waals surface area contributed by atoms with E-state index in [-0.39, 0.29) is 32.5 Å². The van der Waals surface area contributed by atoms with Gasteiger partial charge in [0, 0.05) is 22.6 Å². The van der Waals surface area contributed by atoms with Crippen LogP contribution in [-0.2, 0) is 10.1 Å². The maximum atomic E-state index is 12.6. The van der Waals surface area contributed by atoms with Crippen molar-refractivity contribution in [2.45, 2.75) is 4.90 Å². The number of rotatable bonds is 5. The zero-order valence-corrected chi connectivity index (χ0v) is 15.7. The van der Waals surface area contributed by atoms with Crippen LogP contribution < -0.4 is 4.18 Å². The molecule has 7 nitrogen and oxygen atoms in total. The van der Waals surface area contributed by atoms with Crippen molar-refractivity contribution in [3.63, 3.8) is 0 Å². The molecule has 0 unspecified atom stereocenters. The number of hydrogen-bond acceptors (Lipinski definition) is 7. The fourth-order valence-electron chi connectivity index (χ4n) is 2.24. The lowest BCUT2D eigenvalue weighted by atomic mass is 10.1. The molecule has 0 saturated heterocycles. The third-order valence-corrected chi connectivity index (χ3v) is 5.96. The van der Waals surface area contributed by atoms with Crippen molar-refractivity contribution in [2.75, 3.05) is 0 Å². The summed E-state index contributed by atoms with van der Waals surface area (Å²) >= 11 is 7.18. The zero-order chi connectivity index (χ0) is 19.6. The van der Waals surface area contributed by atoms with Gasteiger partial charge in [0.15, 0.2) is 5.75 Å². The molecule has 0 aliphatic carbocycles. The largest absolute Gasteiger partial charge is 0.378 e. The molecule has 1 heterocycles. The summed E-state index contributed by atoms with van der Waals surface area (Å²) in [4.78, 5) is 10.9. The Balaban J connectivity index is 2.05. The maximum Gasteiger partial charge on any atom is 0.339 e. The van der Waals surface area contributed by atoms with Crippen LogP contribution in [-0.4, -0.2) is 13.3 Å². The Hall–Kier alpha value is -2.93. The second kappa shape index (κ2) is 7.36. The van der Waals surface area contributed by atoms with E-state index >= 15 is 0 Å². The molecule has 3 rings (SSSR count). The first-order valence-electron chi connectivity index (χ1n) is 7.28. The van der Waals surface area contributed by atoms with Crippen molar-refractivity contribution in [3.05, 3.63) is 74.6 Å². The first-order chi connectivity index (χ1) is 12.8. The van der Waals surface area contributed by atoms with E-state index in [1.807, 2.05) is 6.07 Å². The van der Waals surface area contributed by atoms with Gasteiger partial charge in [0.2, 0.25) is 0 Å². The minimum absolute atomic E-state index is 0.0237. The summed E-state index contributed by atoms with van der Waals surface area (Å²) < 4.78 is 30.4. The molecule has 10 heteroatoms. The molecule has 0 aliphatic rings. The molecule has 0 fully saturated rings. The Bertz CT molecular complexity index is 1170. The van der Waals surface area contributed by atoms with Crippen LogP contribution in [0.2, 0.25) is 5.02 Å². The number of non-ortho nitro benzene ring substituents is 1. The van der Waals surface area contributed by atoms with E-state index in [0.717, 1.165) is 12.1 Å². The van der Waals surface area contributed by atoms with Gasteiger partial charge in [-0.15, -0.1) is 11.3 Å². The molecule has 0 radical (unpaired) electrons. The molecule has 0 spiro atoms. The van der Waals surface area contributed by atoms with E-state index in [1.165, 1.54) is 35.6 Å². The van der Waals surface area contributed by atoms with Gasteiger partial charge in [-0.25, -0.2) is 0 Å². The minimum Gasteiger partial charge on any atom is -0.378 e. The molecule has 0 N–H and O–H groups in total.